The van der Waals surface area contributed by atoms with Crippen LogP contribution in [0.3, 0.4) is 0 Å². The van der Waals surface area contributed by atoms with Crippen molar-refractivity contribution in [3.63, 3.8) is 0 Å². The Labute approximate surface area is 182 Å². The molecule has 1 saturated heterocycles. The van der Waals surface area contributed by atoms with Gasteiger partial charge in [0, 0.05) is 44.4 Å². The summed E-state index contributed by atoms with van der Waals surface area (Å²) in [7, 11) is 0. The van der Waals surface area contributed by atoms with Gasteiger partial charge in [-0.25, -0.2) is 13.7 Å². The van der Waals surface area contributed by atoms with Gasteiger partial charge in [-0.3, -0.25) is 19.7 Å². The number of non-ortho nitro benzene ring substituents is 1. The van der Waals surface area contributed by atoms with Gasteiger partial charge >= 0.3 is 0 Å². The van der Waals surface area contributed by atoms with Gasteiger partial charge < -0.3 is 9.80 Å². The number of anilines is 1. The molecule has 32 heavy (non-hydrogen) atoms. The lowest BCUT2D eigenvalue weighted by atomic mass is 10.0. The van der Waals surface area contributed by atoms with E-state index in [1.807, 2.05) is 6.92 Å². The number of hydrogen-bond donors (Lipinski definition) is 0. The summed E-state index contributed by atoms with van der Waals surface area (Å²) in [5.41, 5.74) is -0.0394. The molecule has 4 rings (SSSR count). The molecular formula is C22H20F2N4O4. The summed E-state index contributed by atoms with van der Waals surface area (Å²) >= 11 is 0. The third-order valence-corrected chi connectivity index (χ3v) is 5.71. The molecule has 0 spiro atoms. The van der Waals surface area contributed by atoms with E-state index >= 15 is 0 Å². The van der Waals surface area contributed by atoms with Crippen LogP contribution in [-0.4, -0.2) is 59.3 Å². The molecule has 0 saturated carbocycles. The molecule has 10 heteroatoms. The van der Waals surface area contributed by atoms with Crippen LogP contribution in [0.15, 0.2) is 48.2 Å². The molecule has 2 aromatic carbocycles. The first-order valence-corrected chi connectivity index (χ1v) is 10.1. The Morgan fingerprint density at radius 2 is 1.62 bits per heavy atom. The number of nitro benzene ring substituents is 1. The zero-order valence-electron chi connectivity index (χ0n) is 17.3. The maximum atomic E-state index is 14.5. The standard InChI is InChI=1S/C22H20F2N4O4/c1-2-25-9-11-26(12-10-25)20-19(14-3-6-16(7-4-14)28(31)32)21(29)27(22(20)30)18-8-5-15(23)13-17(18)24/h3-8,13H,2,9-12H2,1H3. The monoisotopic (exact) mass is 442 g/mol. The van der Waals surface area contributed by atoms with E-state index in [1.54, 1.807) is 4.90 Å². The van der Waals surface area contributed by atoms with Crippen LogP contribution in [0.5, 0.6) is 0 Å². The average molecular weight is 442 g/mol. The first kappa shape index (κ1) is 21.6. The SMILES string of the molecule is CCN1CCN(C2=C(c3ccc([N+](=O)[O-])cc3)C(=O)N(c3ccc(F)cc3F)C2=O)CC1. The van der Waals surface area contributed by atoms with E-state index in [0.29, 0.717) is 42.7 Å². The topological polar surface area (TPSA) is 87.0 Å². The number of halogens is 2. The molecule has 0 N–H and O–H groups in total. The number of nitrogens with zero attached hydrogens (tertiary/aromatic N) is 4. The van der Waals surface area contributed by atoms with Crippen LogP contribution >= 0.6 is 0 Å². The second-order valence-electron chi connectivity index (χ2n) is 7.49. The zero-order chi connectivity index (χ0) is 23.0. The highest BCUT2D eigenvalue weighted by Gasteiger charge is 2.44. The highest BCUT2D eigenvalue weighted by molar-refractivity contribution is 6.45. The van der Waals surface area contributed by atoms with Crippen molar-refractivity contribution in [3.05, 3.63) is 75.5 Å². The number of hydrogen-bond acceptors (Lipinski definition) is 6. The molecule has 0 aromatic heterocycles. The fourth-order valence-electron chi connectivity index (χ4n) is 3.99. The van der Waals surface area contributed by atoms with Gasteiger partial charge in [-0.1, -0.05) is 6.92 Å². The van der Waals surface area contributed by atoms with Gasteiger partial charge in [0.25, 0.3) is 17.5 Å². The summed E-state index contributed by atoms with van der Waals surface area (Å²) in [6.45, 7) is 5.21. The van der Waals surface area contributed by atoms with Crippen molar-refractivity contribution in [2.24, 2.45) is 0 Å². The summed E-state index contributed by atoms with van der Waals surface area (Å²) in [4.78, 5) is 41.9. The number of carbonyl (C=O) groups excluding carboxylic acids is 2. The Bertz CT molecular complexity index is 1130. The van der Waals surface area contributed by atoms with Crippen molar-refractivity contribution in [2.45, 2.75) is 6.92 Å². The van der Waals surface area contributed by atoms with E-state index in [1.165, 1.54) is 24.3 Å². The van der Waals surface area contributed by atoms with Crippen LogP contribution in [0, 0.1) is 21.7 Å². The van der Waals surface area contributed by atoms with Crippen LogP contribution in [0.1, 0.15) is 12.5 Å². The summed E-state index contributed by atoms with van der Waals surface area (Å²) < 4.78 is 27.9. The minimum atomic E-state index is -1.04. The van der Waals surface area contributed by atoms with Crippen molar-refractivity contribution >= 4 is 28.8 Å². The van der Waals surface area contributed by atoms with E-state index in [-0.39, 0.29) is 22.6 Å². The first-order chi connectivity index (χ1) is 15.3. The molecule has 0 radical (unpaired) electrons. The number of likely N-dealkylation sites (N-methyl/N-ethyl adjacent to an activating group) is 1. The second kappa shape index (κ2) is 8.46. The Balaban J connectivity index is 1.79. The smallest absolute Gasteiger partial charge is 0.282 e. The fourth-order valence-corrected chi connectivity index (χ4v) is 3.99. The first-order valence-electron chi connectivity index (χ1n) is 10.1. The van der Waals surface area contributed by atoms with Crippen molar-refractivity contribution < 1.29 is 23.3 Å². The van der Waals surface area contributed by atoms with Crippen molar-refractivity contribution in [1.29, 1.82) is 0 Å². The lowest BCUT2D eigenvalue weighted by Crippen LogP contribution is -2.47. The molecule has 166 valence electrons. The van der Waals surface area contributed by atoms with Gasteiger partial charge in [0.05, 0.1) is 16.2 Å². The third-order valence-electron chi connectivity index (χ3n) is 5.71. The third kappa shape index (κ3) is 3.73. The molecular weight excluding hydrogens is 422 g/mol. The number of imide groups is 1. The number of amides is 2. The molecule has 2 aliphatic rings. The zero-order valence-corrected chi connectivity index (χ0v) is 17.3. The number of nitro groups is 1. The highest BCUT2D eigenvalue weighted by Crippen LogP contribution is 2.36. The van der Waals surface area contributed by atoms with Gasteiger partial charge in [0.15, 0.2) is 0 Å². The maximum Gasteiger partial charge on any atom is 0.282 e. The molecule has 2 amide bonds. The van der Waals surface area contributed by atoms with E-state index in [9.17, 15) is 28.5 Å². The Hall–Kier alpha value is -3.66. The summed E-state index contributed by atoms with van der Waals surface area (Å²) in [5, 5.41) is 11.0. The van der Waals surface area contributed by atoms with Crippen molar-refractivity contribution in [1.82, 2.24) is 9.80 Å². The Morgan fingerprint density at radius 1 is 0.969 bits per heavy atom. The van der Waals surface area contributed by atoms with E-state index in [4.69, 9.17) is 0 Å². The molecule has 0 bridgehead atoms. The lowest BCUT2D eigenvalue weighted by Gasteiger charge is -2.36. The second-order valence-corrected chi connectivity index (χ2v) is 7.49. The molecule has 0 aliphatic carbocycles. The summed E-state index contributed by atoms with van der Waals surface area (Å²) in [6.07, 6.45) is 0. The van der Waals surface area contributed by atoms with Gasteiger partial charge in [0.2, 0.25) is 0 Å². The molecule has 2 heterocycles. The average Bonchev–Trinajstić information content (AvgIpc) is 3.04. The van der Waals surface area contributed by atoms with Crippen molar-refractivity contribution in [3.8, 4) is 0 Å². The van der Waals surface area contributed by atoms with E-state index in [0.717, 1.165) is 18.7 Å². The quantitative estimate of drug-likeness (QED) is 0.402. The van der Waals surface area contributed by atoms with E-state index < -0.39 is 28.4 Å². The summed E-state index contributed by atoms with van der Waals surface area (Å²) in [6, 6.07) is 7.91. The molecule has 0 atom stereocenters. The minimum absolute atomic E-state index is 0.0403. The summed E-state index contributed by atoms with van der Waals surface area (Å²) in [5.74, 6) is -3.34. The van der Waals surface area contributed by atoms with Crippen LogP contribution in [0.25, 0.3) is 5.57 Å². The predicted octanol–water partition coefficient (Wildman–Crippen LogP) is 2.80. The molecule has 0 unspecified atom stereocenters. The number of rotatable bonds is 5. The Kier molecular flexibility index (Phi) is 5.70. The van der Waals surface area contributed by atoms with Gasteiger partial charge in [-0.2, -0.15) is 0 Å². The fraction of sp³-hybridized carbons (Fsp3) is 0.273. The minimum Gasteiger partial charge on any atom is -0.364 e. The Morgan fingerprint density at radius 3 is 2.19 bits per heavy atom. The van der Waals surface area contributed by atoms with Crippen LogP contribution < -0.4 is 4.90 Å². The number of benzene rings is 2. The van der Waals surface area contributed by atoms with Crippen LogP contribution in [0.4, 0.5) is 20.2 Å². The van der Waals surface area contributed by atoms with Crippen LogP contribution in [-0.2, 0) is 9.59 Å². The van der Waals surface area contributed by atoms with Crippen molar-refractivity contribution in [2.75, 3.05) is 37.6 Å². The van der Waals surface area contributed by atoms with Gasteiger partial charge in [0.1, 0.15) is 17.3 Å². The number of piperazine rings is 1. The van der Waals surface area contributed by atoms with E-state index in [2.05, 4.69) is 4.90 Å². The predicted molar refractivity (Wildman–Crippen MR) is 113 cm³/mol. The lowest BCUT2D eigenvalue weighted by molar-refractivity contribution is -0.384. The number of carbonyl (C=O) groups is 2. The normalized spacial score (nSPS) is 17.5. The largest absolute Gasteiger partial charge is 0.364 e. The van der Waals surface area contributed by atoms with Gasteiger partial charge in [-0.05, 0) is 36.4 Å². The maximum absolute atomic E-state index is 14.5. The molecule has 1 fully saturated rings. The van der Waals surface area contributed by atoms with Crippen LogP contribution in [0.2, 0.25) is 0 Å². The molecule has 2 aromatic rings. The highest BCUT2D eigenvalue weighted by atomic mass is 19.1. The van der Waals surface area contributed by atoms with Gasteiger partial charge in [-0.15, -0.1) is 0 Å². The molecule has 2 aliphatic heterocycles. The molecule has 8 nitrogen and oxygen atoms in total.